The quantitative estimate of drug-likeness (QED) is 0.256. The number of benzene rings is 3. The molecule has 8 heteroatoms. The van der Waals surface area contributed by atoms with Gasteiger partial charge in [0.1, 0.15) is 0 Å². The van der Waals surface area contributed by atoms with Crippen LogP contribution in [0.4, 0.5) is 17.1 Å². The molecule has 0 atom stereocenters. The number of amides is 2. The van der Waals surface area contributed by atoms with Crippen LogP contribution < -0.4 is 25.4 Å². The van der Waals surface area contributed by atoms with E-state index in [2.05, 4.69) is 31.9 Å². The van der Waals surface area contributed by atoms with Crippen molar-refractivity contribution in [3.05, 3.63) is 76.3 Å². The molecule has 0 spiro atoms. The standard InChI is InChI=1S/C28H32BrN3O4/c1-18(2)12-27(33)32-23-7-5-6-22(14-23)30-16-20-13-25(35-4)26(15-24(20)29)36-17-28(34)31-21-10-8-19(3)9-11-21/h5-11,13-15,18,30H,12,16-17H2,1-4H3,(H,31,34)(H,32,33). The summed E-state index contributed by atoms with van der Waals surface area (Å²) in [6.07, 6.45) is 0.479. The van der Waals surface area contributed by atoms with Gasteiger partial charge >= 0.3 is 0 Å². The molecule has 2 amide bonds. The van der Waals surface area contributed by atoms with Crippen molar-refractivity contribution in [1.82, 2.24) is 0 Å². The van der Waals surface area contributed by atoms with Crippen molar-refractivity contribution in [2.75, 3.05) is 29.7 Å². The van der Waals surface area contributed by atoms with E-state index in [9.17, 15) is 9.59 Å². The van der Waals surface area contributed by atoms with Gasteiger partial charge in [-0.1, -0.05) is 53.5 Å². The summed E-state index contributed by atoms with van der Waals surface area (Å²) >= 11 is 3.59. The predicted octanol–water partition coefficient (Wildman–Crippen LogP) is 6.38. The summed E-state index contributed by atoms with van der Waals surface area (Å²) in [7, 11) is 1.56. The summed E-state index contributed by atoms with van der Waals surface area (Å²) in [5.41, 5.74) is 4.39. The highest BCUT2D eigenvalue weighted by atomic mass is 79.9. The number of methoxy groups -OCH3 is 1. The number of halogens is 1. The van der Waals surface area contributed by atoms with E-state index in [1.165, 1.54) is 0 Å². The Morgan fingerprint density at radius 2 is 1.58 bits per heavy atom. The Kier molecular flexibility index (Phi) is 9.76. The Bertz CT molecular complexity index is 1200. The number of carbonyl (C=O) groups excluding carboxylic acids is 2. The number of hydrogen-bond acceptors (Lipinski definition) is 5. The van der Waals surface area contributed by atoms with Crippen molar-refractivity contribution in [2.24, 2.45) is 5.92 Å². The van der Waals surface area contributed by atoms with E-state index in [0.717, 1.165) is 27.0 Å². The highest BCUT2D eigenvalue weighted by Gasteiger charge is 2.13. The van der Waals surface area contributed by atoms with E-state index in [1.807, 2.05) is 75.4 Å². The molecular weight excluding hydrogens is 522 g/mol. The van der Waals surface area contributed by atoms with Crippen LogP contribution >= 0.6 is 15.9 Å². The van der Waals surface area contributed by atoms with Crippen LogP contribution in [0, 0.1) is 12.8 Å². The van der Waals surface area contributed by atoms with Crippen LogP contribution in [0.1, 0.15) is 31.4 Å². The van der Waals surface area contributed by atoms with E-state index < -0.39 is 0 Å². The van der Waals surface area contributed by atoms with E-state index in [-0.39, 0.29) is 18.4 Å². The fraction of sp³-hybridized carbons (Fsp3) is 0.286. The Morgan fingerprint density at radius 3 is 2.28 bits per heavy atom. The van der Waals surface area contributed by atoms with E-state index in [1.54, 1.807) is 13.2 Å². The van der Waals surface area contributed by atoms with Crippen LogP contribution in [0.5, 0.6) is 11.5 Å². The number of ether oxygens (including phenoxy) is 2. The highest BCUT2D eigenvalue weighted by molar-refractivity contribution is 9.10. The molecule has 0 aliphatic rings. The molecule has 3 N–H and O–H groups in total. The first-order valence-electron chi connectivity index (χ1n) is 11.7. The van der Waals surface area contributed by atoms with Crippen LogP contribution in [0.3, 0.4) is 0 Å². The zero-order valence-electron chi connectivity index (χ0n) is 21.0. The van der Waals surface area contributed by atoms with Crippen molar-refractivity contribution in [2.45, 2.75) is 33.7 Å². The van der Waals surface area contributed by atoms with Crippen LogP contribution in [0.15, 0.2) is 65.1 Å². The zero-order chi connectivity index (χ0) is 26.1. The average Bonchev–Trinajstić information content (AvgIpc) is 2.83. The second-order valence-electron chi connectivity index (χ2n) is 8.88. The van der Waals surface area contributed by atoms with Crippen molar-refractivity contribution in [1.29, 1.82) is 0 Å². The van der Waals surface area contributed by atoms with Crippen LogP contribution in [0.2, 0.25) is 0 Å². The first kappa shape index (κ1) is 27.1. The molecule has 0 bridgehead atoms. The number of aryl methyl sites for hydroxylation is 1. The third-order valence-corrected chi connectivity index (χ3v) is 5.99. The Morgan fingerprint density at radius 1 is 0.889 bits per heavy atom. The third-order valence-electron chi connectivity index (χ3n) is 5.25. The number of carbonyl (C=O) groups is 2. The van der Waals surface area contributed by atoms with Gasteiger partial charge in [0.2, 0.25) is 5.91 Å². The normalized spacial score (nSPS) is 10.6. The molecule has 0 aliphatic carbocycles. The van der Waals surface area contributed by atoms with Gasteiger partial charge in [0, 0.05) is 34.5 Å². The van der Waals surface area contributed by atoms with Gasteiger partial charge in [-0.2, -0.15) is 0 Å². The highest BCUT2D eigenvalue weighted by Crippen LogP contribution is 2.34. The molecule has 0 fully saturated rings. The smallest absolute Gasteiger partial charge is 0.262 e. The monoisotopic (exact) mass is 553 g/mol. The molecule has 3 aromatic carbocycles. The molecular formula is C28H32BrN3O4. The third kappa shape index (κ3) is 8.30. The molecule has 190 valence electrons. The summed E-state index contributed by atoms with van der Waals surface area (Å²) in [5.74, 6) is 1.02. The summed E-state index contributed by atoms with van der Waals surface area (Å²) in [6.45, 7) is 6.38. The average molecular weight is 554 g/mol. The molecule has 0 saturated carbocycles. The Hall–Kier alpha value is -3.52. The van der Waals surface area contributed by atoms with E-state index in [4.69, 9.17) is 9.47 Å². The molecule has 0 aromatic heterocycles. The van der Waals surface area contributed by atoms with Gasteiger partial charge in [-0.15, -0.1) is 0 Å². The van der Waals surface area contributed by atoms with Crippen LogP contribution in [-0.2, 0) is 16.1 Å². The van der Waals surface area contributed by atoms with Crippen molar-refractivity contribution >= 4 is 44.8 Å². The van der Waals surface area contributed by atoms with Crippen LogP contribution in [0.25, 0.3) is 0 Å². The molecule has 3 rings (SSSR count). The molecule has 36 heavy (non-hydrogen) atoms. The van der Waals surface area contributed by atoms with E-state index >= 15 is 0 Å². The van der Waals surface area contributed by atoms with Crippen molar-refractivity contribution < 1.29 is 19.1 Å². The lowest BCUT2D eigenvalue weighted by Crippen LogP contribution is -2.20. The van der Waals surface area contributed by atoms with Crippen molar-refractivity contribution in [3.63, 3.8) is 0 Å². The van der Waals surface area contributed by atoms with Gasteiger partial charge in [-0.25, -0.2) is 0 Å². The minimum absolute atomic E-state index is 0.00207. The predicted molar refractivity (Wildman–Crippen MR) is 148 cm³/mol. The maximum absolute atomic E-state index is 12.3. The Balaban J connectivity index is 1.60. The van der Waals surface area contributed by atoms with Gasteiger partial charge in [-0.05, 0) is 60.9 Å². The second kappa shape index (κ2) is 13.0. The SMILES string of the molecule is COc1cc(CNc2cccc(NC(=O)CC(C)C)c2)c(Br)cc1OCC(=O)Nc1ccc(C)cc1. The van der Waals surface area contributed by atoms with Gasteiger partial charge in [0.15, 0.2) is 18.1 Å². The number of anilines is 3. The summed E-state index contributed by atoms with van der Waals surface area (Å²) < 4.78 is 12.0. The summed E-state index contributed by atoms with van der Waals surface area (Å²) in [5, 5.41) is 9.11. The van der Waals surface area contributed by atoms with E-state index in [0.29, 0.717) is 36.1 Å². The zero-order valence-corrected chi connectivity index (χ0v) is 22.6. The first-order chi connectivity index (χ1) is 17.2. The van der Waals surface area contributed by atoms with Gasteiger partial charge in [-0.3, -0.25) is 9.59 Å². The molecule has 0 heterocycles. The molecule has 3 aromatic rings. The maximum Gasteiger partial charge on any atom is 0.262 e. The fourth-order valence-electron chi connectivity index (χ4n) is 3.45. The molecule has 7 nitrogen and oxygen atoms in total. The Labute approximate surface area is 220 Å². The summed E-state index contributed by atoms with van der Waals surface area (Å²) in [6, 6.07) is 18.8. The lowest BCUT2D eigenvalue weighted by Gasteiger charge is -2.15. The second-order valence-corrected chi connectivity index (χ2v) is 9.73. The van der Waals surface area contributed by atoms with Crippen molar-refractivity contribution in [3.8, 4) is 11.5 Å². The number of hydrogen-bond donors (Lipinski definition) is 3. The molecule has 0 saturated heterocycles. The minimum atomic E-state index is -0.261. The molecule has 0 unspecified atom stereocenters. The first-order valence-corrected chi connectivity index (χ1v) is 12.5. The largest absolute Gasteiger partial charge is 0.493 e. The van der Waals surface area contributed by atoms with Gasteiger partial charge in [0.25, 0.3) is 5.91 Å². The fourth-order valence-corrected chi connectivity index (χ4v) is 3.91. The number of rotatable bonds is 11. The van der Waals surface area contributed by atoms with Crippen LogP contribution in [-0.4, -0.2) is 25.5 Å². The maximum atomic E-state index is 12.3. The number of nitrogens with one attached hydrogen (secondary N) is 3. The lowest BCUT2D eigenvalue weighted by atomic mass is 10.1. The molecule has 0 radical (unpaired) electrons. The van der Waals surface area contributed by atoms with Gasteiger partial charge < -0.3 is 25.4 Å². The molecule has 0 aliphatic heterocycles. The summed E-state index contributed by atoms with van der Waals surface area (Å²) in [4.78, 5) is 24.4. The topological polar surface area (TPSA) is 88.7 Å². The minimum Gasteiger partial charge on any atom is -0.493 e. The lowest BCUT2D eigenvalue weighted by molar-refractivity contribution is -0.118. The van der Waals surface area contributed by atoms with Gasteiger partial charge in [0.05, 0.1) is 7.11 Å².